The Morgan fingerprint density at radius 2 is 1.84 bits per heavy atom. The lowest BCUT2D eigenvalue weighted by Crippen LogP contribution is -2.27. The topological polar surface area (TPSA) is 110 Å². The number of sulfonamides is 1. The lowest BCUT2D eigenvalue weighted by molar-refractivity contribution is 0.0696. The molecular weight excluding hydrogens is 528 g/mol. The lowest BCUT2D eigenvalue weighted by Gasteiger charge is -2.21. The number of carboxylic acid groups (broad SMARTS) is 1. The van der Waals surface area contributed by atoms with Gasteiger partial charge in [0, 0.05) is 24.6 Å². The highest BCUT2D eigenvalue weighted by Crippen LogP contribution is 2.35. The molecule has 0 amide bonds. The number of hydrogen-bond donors (Lipinski definition) is 1. The molecule has 0 unspecified atom stereocenters. The maximum absolute atomic E-state index is 13.2. The molecular formula is C28H27ClN2O6S. The molecule has 0 aliphatic rings. The molecule has 0 bridgehead atoms. The first kappa shape index (κ1) is 27.2. The molecule has 1 aromatic heterocycles. The zero-order valence-corrected chi connectivity index (χ0v) is 22.9. The Morgan fingerprint density at radius 3 is 2.50 bits per heavy atom. The summed E-state index contributed by atoms with van der Waals surface area (Å²) in [6, 6.07) is 17.7. The van der Waals surface area contributed by atoms with Crippen LogP contribution < -0.4 is 9.04 Å². The molecule has 198 valence electrons. The molecule has 1 N–H and O–H groups in total. The van der Waals surface area contributed by atoms with E-state index in [2.05, 4.69) is 5.16 Å². The fourth-order valence-electron chi connectivity index (χ4n) is 4.03. The fourth-order valence-corrected chi connectivity index (χ4v) is 5.64. The van der Waals surface area contributed by atoms with Crippen molar-refractivity contribution >= 4 is 33.3 Å². The Kier molecular flexibility index (Phi) is 7.80. The minimum Gasteiger partial charge on any atom is -0.489 e. The third-order valence-electron chi connectivity index (χ3n) is 6.12. The zero-order valence-electron chi connectivity index (χ0n) is 21.3. The van der Waals surface area contributed by atoms with Crippen molar-refractivity contribution in [2.45, 2.75) is 38.2 Å². The van der Waals surface area contributed by atoms with Gasteiger partial charge in [0.25, 0.3) is 10.0 Å². The first-order chi connectivity index (χ1) is 18.0. The summed E-state index contributed by atoms with van der Waals surface area (Å²) in [7, 11) is -2.71. The van der Waals surface area contributed by atoms with E-state index in [1.807, 2.05) is 45.0 Å². The van der Waals surface area contributed by atoms with Crippen LogP contribution in [-0.4, -0.2) is 31.7 Å². The summed E-state index contributed by atoms with van der Waals surface area (Å²) in [5, 5.41) is 13.7. The first-order valence-corrected chi connectivity index (χ1v) is 13.6. The highest BCUT2D eigenvalue weighted by atomic mass is 35.5. The van der Waals surface area contributed by atoms with E-state index in [1.54, 1.807) is 6.07 Å². The van der Waals surface area contributed by atoms with Crippen LogP contribution in [0.2, 0.25) is 5.02 Å². The van der Waals surface area contributed by atoms with Crippen LogP contribution in [0.5, 0.6) is 5.75 Å². The van der Waals surface area contributed by atoms with Crippen molar-refractivity contribution < 1.29 is 27.6 Å². The smallest absolute Gasteiger partial charge is 0.335 e. The van der Waals surface area contributed by atoms with Gasteiger partial charge >= 0.3 is 5.97 Å². The van der Waals surface area contributed by atoms with Crippen molar-refractivity contribution in [3.8, 4) is 17.0 Å². The molecule has 0 aliphatic carbocycles. The lowest BCUT2D eigenvalue weighted by atomic mass is 9.99. The number of benzene rings is 3. The summed E-state index contributed by atoms with van der Waals surface area (Å²) in [6.45, 7) is 6.20. The summed E-state index contributed by atoms with van der Waals surface area (Å²) in [4.78, 5) is 11.1. The minimum absolute atomic E-state index is 0.0864. The number of nitrogens with zero attached hydrogens (tertiary/aromatic N) is 2. The third kappa shape index (κ3) is 5.39. The van der Waals surface area contributed by atoms with Gasteiger partial charge in [-0.05, 0) is 42.8 Å². The van der Waals surface area contributed by atoms with Gasteiger partial charge in [0.15, 0.2) is 0 Å². The van der Waals surface area contributed by atoms with E-state index in [0.29, 0.717) is 11.4 Å². The first-order valence-electron chi connectivity index (χ1n) is 11.8. The van der Waals surface area contributed by atoms with Gasteiger partial charge < -0.3 is 14.4 Å². The van der Waals surface area contributed by atoms with Crippen LogP contribution in [0.15, 0.2) is 76.1 Å². The van der Waals surface area contributed by atoms with Crippen LogP contribution in [0.25, 0.3) is 11.3 Å². The van der Waals surface area contributed by atoms with Crippen molar-refractivity contribution in [1.29, 1.82) is 0 Å². The van der Waals surface area contributed by atoms with Crippen LogP contribution in [0.3, 0.4) is 0 Å². The number of aromatic carboxylic acids is 1. The second-order valence-electron chi connectivity index (χ2n) is 9.05. The number of aromatic nitrogens is 1. The Bertz CT molecular complexity index is 1600. The average molecular weight is 555 g/mol. The maximum Gasteiger partial charge on any atom is 0.335 e. The number of halogens is 1. The summed E-state index contributed by atoms with van der Waals surface area (Å²) < 4.78 is 39.0. The van der Waals surface area contributed by atoms with Gasteiger partial charge in [-0.25, -0.2) is 13.2 Å². The van der Waals surface area contributed by atoms with Crippen LogP contribution >= 0.6 is 11.6 Å². The number of rotatable bonds is 9. The molecule has 0 atom stereocenters. The van der Waals surface area contributed by atoms with E-state index in [9.17, 15) is 18.3 Å². The molecule has 38 heavy (non-hydrogen) atoms. The minimum atomic E-state index is -4.06. The average Bonchev–Trinajstić information content (AvgIpc) is 3.31. The third-order valence-corrected chi connectivity index (χ3v) is 8.19. The molecule has 4 rings (SSSR count). The summed E-state index contributed by atoms with van der Waals surface area (Å²) >= 11 is 6.48. The summed E-state index contributed by atoms with van der Waals surface area (Å²) in [5.74, 6) is 0.0241. The standard InChI is InChI=1S/C28H27ClN2O6S/c1-17(2)27-23(26(30-37-27)22-11-6-5-8-18(22)3)16-36-20-12-13-25(24(29)15-20)31(4)38(34,35)21-10-7-9-19(14-21)28(32)33/h5-15,17H,16H2,1-4H3,(H,32,33). The molecule has 0 fully saturated rings. The Morgan fingerprint density at radius 1 is 1.11 bits per heavy atom. The highest BCUT2D eigenvalue weighted by molar-refractivity contribution is 7.92. The van der Waals surface area contributed by atoms with Crippen molar-refractivity contribution in [3.63, 3.8) is 0 Å². The van der Waals surface area contributed by atoms with Crippen LogP contribution in [-0.2, 0) is 16.6 Å². The van der Waals surface area contributed by atoms with E-state index < -0.39 is 16.0 Å². The monoisotopic (exact) mass is 554 g/mol. The van der Waals surface area contributed by atoms with E-state index in [-0.39, 0.29) is 33.7 Å². The van der Waals surface area contributed by atoms with Gasteiger partial charge in [-0.15, -0.1) is 0 Å². The SMILES string of the molecule is Cc1ccccc1-c1noc(C(C)C)c1COc1ccc(N(C)S(=O)(=O)c2cccc(C(=O)O)c2)c(Cl)c1. The molecule has 0 radical (unpaired) electrons. The van der Waals surface area contributed by atoms with Crippen LogP contribution in [0.4, 0.5) is 5.69 Å². The van der Waals surface area contributed by atoms with E-state index in [4.69, 9.17) is 20.9 Å². The molecule has 0 spiro atoms. The summed E-state index contributed by atoms with van der Waals surface area (Å²) in [5.41, 5.74) is 3.63. The zero-order chi connectivity index (χ0) is 27.6. The van der Waals surface area contributed by atoms with Crippen LogP contribution in [0, 0.1) is 6.92 Å². The van der Waals surface area contributed by atoms with Crippen molar-refractivity contribution in [2.75, 3.05) is 11.4 Å². The number of hydrogen-bond acceptors (Lipinski definition) is 6. The molecule has 4 aromatic rings. The predicted molar refractivity (Wildman–Crippen MR) is 146 cm³/mol. The number of ether oxygens (including phenoxy) is 1. The van der Waals surface area contributed by atoms with Gasteiger partial charge in [-0.3, -0.25) is 4.31 Å². The largest absolute Gasteiger partial charge is 0.489 e. The number of carboxylic acids is 1. The van der Waals surface area contributed by atoms with Gasteiger partial charge in [-0.1, -0.05) is 60.9 Å². The number of aryl methyl sites for hydroxylation is 1. The second kappa shape index (κ2) is 10.9. The molecule has 0 saturated carbocycles. The van der Waals surface area contributed by atoms with Crippen molar-refractivity contribution in [2.24, 2.45) is 0 Å². The fraction of sp³-hybridized carbons (Fsp3) is 0.214. The van der Waals surface area contributed by atoms with E-state index in [1.165, 1.54) is 37.4 Å². The Hall–Kier alpha value is -3.82. The maximum atomic E-state index is 13.2. The highest BCUT2D eigenvalue weighted by Gasteiger charge is 2.25. The normalized spacial score (nSPS) is 11.5. The van der Waals surface area contributed by atoms with Gasteiger partial charge in [0.2, 0.25) is 0 Å². The molecule has 0 saturated heterocycles. The van der Waals surface area contributed by atoms with Gasteiger partial charge in [0.1, 0.15) is 23.8 Å². The molecule has 1 heterocycles. The molecule has 0 aliphatic heterocycles. The van der Waals surface area contributed by atoms with Gasteiger partial charge in [0.05, 0.1) is 26.7 Å². The Labute approximate surface area is 226 Å². The molecule has 8 nitrogen and oxygen atoms in total. The molecule has 10 heteroatoms. The predicted octanol–water partition coefficient (Wildman–Crippen LogP) is 6.53. The summed E-state index contributed by atoms with van der Waals surface area (Å²) in [6.07, 6.45) is 0. The second-order valence-corrected chi connectivity index (χ2v) is 11.4. The molecule has 3 aromatic carbocycles. The van der Waals surface area contributed by atoms with Crippen molar-refractivity contribution in [3.05, 3.63) is 94.2 Å². The quantitative estimate of drug-likeness (QED) is 0.250. The Balaban J connectivity index is 1.59. The van der Waals surface area contributed by atoms with E-state index in [0.717, 1.165) is 32.8 Å². The van der Waals surface area contributed by atoms with Crippen molar-refractivity contribution in [1.82, 2.24) is 5.16 Å². The van der Waals surface area contributed by atoms with Crippen LogP contribution in [0.1, 0.15) is 47.0 Å². The number of carbonyl (C=O) groups is 1. The van der Waals surface area contributed by atoms with E-state index >= 15 is 0 Å². The number of anilines is 1. The van der Waals surface area contributed by atoms with Gasteiger partial charge in [-0.2, -0.15) is 0 Å².